The molecule has 0 atom stereocenters. The number of nitrogens with zero attached hydrogens (tertiary/aromatic N) is 1. The van der Waals surface area contributed by atoms with Crippen molar-refractivity contribution in [3.63, 3.8) is 0 Å². The van der Waals surface area contributed by atoms with Crippen molar-refractivity contribution in [1.29, 1.82) is 0 Å². The predicted molar refractivity (Wildman–Crippen MR) is 187 cm³/mol. The number of nitrogens with one attached hydrogen (secondary N) is 2. The van der Waals surface area contributed by atoms with Crippen LogP contribution in [0.1, 0.15) is 0 Å². The summed E-state index contributed by atoms with van der Waals surface area (Å²) in [6.45, 7) is -0.0222. The summed E-state index contributed by atoms with van der Waals surface area (Å²) in [5.41, 5.74) is 14.7. The van der Waals surface area contributed by atoms with Gasteiger partial charge in [0.25, 0.3) is 0 Å². The molecule has 0 unspecified atom stereocenters. The van der Waals surface area contributed by atoms with Crippen LogP contribution >= 0.6 is 0 Å². The van der Waals surface area contributed by atoms with Gasteiger partial charge in [-0.2, -0.15) is 0 Å². The molecular formula is C40H26BN3. The molecule has 0 radical (unpaired) electrons. The van der Waals surface area contributed by atoms with E-state index < -0.39 is 0 Å². The third-order valence-corrected chi connectivity index (χ3v) is 9.50. The highest BCUT2D eigenvalue weighted by atomic mass is 15.0. The number of rotatable bonds is 2. The molecule has 10 rings (SSSR count). The van der Waals surface area contributed by atoms with Gasteiger partial charge in [-0.05, 0) is 63.4 Å². The summed E-state index contributed by atoms with van der Waals surface area (Å²) in [5.74, 6) is 0. The van der Waals surface area contributed by atoms with E-state index in [1.165, 1.54) is 88.5 Å². The van der Waals surface area contributed by atoms with E-state index in [0.29, 0.717) is 0 Å². The maximum absolute atomic E-state index is 3.75. The topological polar surface area (TPSA) is 29.0 Å². The van der Waals surface area contributed by atoms with Crippen LogP contribution in [0.3, 0.4) is 0 Å². The Balaban J connectivity index is 1.14. The Labute approximate surface area is 255 Å². The Hall–Kier alpha value is -5.74. The van der Waals surface area contributed by atoms with Crippen molar-refractivity contribution in [2.24, 2.45) is 0 Å². The monoisotopic (exact) mass is 559 g/mol. The van der Waals surface area contributed by atoms with Crippen molar-refractivity contribution in [2.45, 2.75) is 0 Å². The summed E-state index contributed by atoms with van der Waals surface area (Å²) in [6, 6.07) is 53.2. The summed E-state index contributed by atoms with van der Waals surface area (Å²) < 4.78 is 2.48. The van der Waals surface area contributed by atoms with Crippen LogP contribution in [0, 0.1) is 0 Å². The zero-order chi connectivity index (χ0) is 28.8. The minimum Gasteiger partial charge on any atom is -0.405 e. The molecule has 0 saturated carbocycles. The number of hydrogen-bond acceptors (Lipinski definition) is 2. The second-order valence-electron chi connectivity index (χ2n) is 11.9. The zero-order valence-electron chi connectivity index (χ0n) is 23.9. The molecule has 2 aliphatic heterocycles. The Kier molecular flexibility index (Phi) is 4.80. The first-order valence-electron chi connectivity index (χ1n) is 15.2. The van der Waals surface area contributed by atoms with Crippen LogP contribution in [0.5, 0.6) is 0 Å². The van der Waals surface area contributed by atoms with Crippen molar-refractivity contribution < 1.29 is 0 Å². The number of anilines is 2. The molecule has 1 aromatic heterocycles. The molecule has 44 heavy (non-hydrogen) atoms. The third-order valence-electron chi connectivity index (χ3n) is 9.50. The lowest BCUT2D eigenvalue weighted by atomic mass is 9.65. The minimum atomic E-state index is -0.0222. The molecule has 2 aliphatic rings. The minimum absolute atomic E-state index is 0.0222. The molecule has 204 valence electrons. The lowest BCUT2D eigenvalue weighted by molar-refractivity contribution is 1.19. The fourth-order valence-electron chi connectivity index (χ4n) is 7.56. The maximum atomic E-state index is 3.75. The highest BCUT2D eigenvalue weighted by Crippen LogP contribution is 2.47. The molecule has 0 amide bonds. The van der Waals surface area contributed by atoms with Gasteiger partial charge < -0.3 is 15.0 Å². The van der Waals surface area contributed by atoms with Crippen molar-refractivity contribution in [3.05, 3.63) is 146 Å². The standard InChI is InChI=1S/C40H26BN3/c1-2-14-30-29(13-1)32-16-8-17-33-31-15-3-4-20-37(31)44(40(32)33)38-22-21-27(24-34(30)38)26-11-5-12-28(23-26)41-42-35-18-6-9-25-10-7-19-36(43-41)39(25)35/h1-24,42-43H. The second kappa shape index (κ2) is 8.89. The Morgan fingerprint density at radius 2 is 1.14 bits per heavy atom. The third kappa shape index (κ3) is 3.28. The van der Waals surface area contributed by atoms with Crippen LogP contribution in [0.4, 0.5) is 11.4 Å². The Morgan fingerprint density at radius 1 is 0.477 bits per heavy atom. The molecule has 0 saturated heterocycles. The number of para-hydroxylation sites is 2. The maximum Gasteiger partial charge on any atom is 0.406 e. The van der Waals surface area contributed by atoms with Gasteiger partial charge in [-0.3, -0.25) is 0 Å². The van der Waals surface area contributed by atoms with Gasteiger partial charge in [0.15, 0.2) is 0 Å². The van der Waals surface area contributed by atoms with Crippen LogP contribution in [0.25, 0.3) is 71.6 Å². The summed E-state index contributed by atoms with van der Waals surface area (Å²) in [6.07, 6.45) is 0. The highest BCUT2D eigenvalue weighted by Gasteiger charge is 2.27. The normalized spacial score (nSPS) is 12.9. The first-order chi connectivity index (χ1) is 21.8. The Morgan fingerprint density at radius 3 is 1.98 bits per heavy atom. The van der Waals surface area contributed by atoms with E-state index in [9.17, 15) is 0 Å². The van der Waals surface area contributed by atoms with Gasteiger partial charge in [-0.1, -0.05) is 115 Å². The fourth-order valence-corrected chi connectivity index (χ4v) is 7.56. The van der Waals surface area contributed by atoms with E-state index in [4.69, 9.17) is 0 Å². The van der Waals surface area contributed by atoms with E-state index in [1.54, 1.807) is 0 Å². The van der Waals surface area contributed by atoms with E-state index >= 15 is 0 Å². The van der Waals surface area contributed by atoms with Gasteiger partial charge >= 0.3 is 6.98 Å². The van der Waals surface area contributed by atoms with Gasteiger partial charge in [0.2, 0.25) is 0 Å². The van der Waals surface area contributed by atoms with Gasteiger partial charge in [0.05, 0.1) is 16.7 Å². The van der Waals surface area contributed by atoms with E-state index in [2.05, 4.69) is 161 Å². The van der Waals surface area contributed by atoms with Crippen molar-refractivity contribution in [3.8, 4) is 39.1 Å². The number of aromatic nitrogens is 1. The largest absolute Gasteiger partial charge is 0.406 e. The fraction of sp³-hybridized carbons (Fsp3) is 0. The molecule has 0 spiro atoms. The Bertz CT molecular complexity index is 2430. The van der Waals surface area contributed by atoms with Crippen LogP contribution in [0.15, 0.2) is 146 Å². The highest BCUT2D eigenvalue weighted by molar-refractivity contribution is 6.80. The molecule has 0 aliphatic carbocycles. The molecule has 4 heteroatoms. The molecule has 3 heterocycles. The van der Waals surface area contributed by atoms with E-state index in [1.807, 2.05) is 0 Å². The van der Waals surface area contributed by atoms with E-state index in [-0.39, 0.29) is 6.98 Å². The second-order valence-corrected chi connectivity index (χ2v) is 11.9. The number of fused-ring (bicyclic) bond motifs is 8. The molecule has 2 N–H and O–H groups in total. The average molecular weight is 559 g/mol. The van der Waals surface area contributed by atoms with Gasteiger partial charge in [0.1, 0.15) is 0 Å². The molecule has 0 bridgehead atoms. The smallest absolute Gasteiger partial charge is 0.405 e. The summed E-state index contributed by atoms with van der Waals surface area (Å²) in [4.78, 5) is 0. The van der Waals surface area contributed by atoms with Gasteiger partial charge in [0, 0.05) is 38.7 Å². The molecule has 0 fully saturated rings. The SMILES string of the molecule is c1cc(B2Nc3cccc4cccc(c34)N2)cc(-c2ccc3c(c2)-c2ccccc2-c2cccc4c5ccccc5n-3c24)c1. The summed E-state index contributed by atoms with van der Waals surface area (Å²) in [5, 5.41) is 12.6. The zero-order valence-corrected chi connectivity index (χ0v) is 23.9. The lowest BCUT2D eigenvalue weighted by Crippen LogP contribution is -2.47. The van der Waals surface area contributed by atoms with Crippen LogP contribution < -0.4 is 15.9 Å². The summed E-state index contributed by atoms with van der Waals surface area (Å²) >= 11 is 0. The molecule has 8 aromatic rings. The van der Waals surface area contributed by atoms with Crippen molar-refractivity contribution >= 4 is 56.4 Å². The first kappa shape index (κ1) is 23.8. The molecule has 3 nitrogen and oxygen atoms in total. The number of benzene rings is 7. The van der Waals surface area contributed by atoms with Crippen molar-refractivity contribution in [1.82, 2.24) is 4.57 Å². The van der Waals surface area contributed by atoms with E-state index in [0.717, 1.165) is 0 Å². The molecular weight excluding hydrogens is 533 g/mol. The lowest BCUT2D eigenvalue weighted by Gasteiger charge is -2.27. The first-order valence-corrected chi connectivity index (χ1v) is 15.2. The predicted octanol–water partition coefficient (Wildman–Crippen LogP) is 9.48. The van der Waals surface area contributed by atoms with Crippen LogP contribution in [0.2, 0.25) is 0 Å². The van der Waals surface area contributed by atoms with Crippen LogP contribution in [-0.4, -0.2) is 11.5 Å². The quantitative estimate of drug-likeness (QED) is 0.207. The number of hydrogen-bond donors (Lipinski definition) is 2. The molecule has 7 aromatic carbocycles. The van der Waals surface area contributed by atoms with Crippen LogP contribution in [-0.2, 0) is 0 Å². The summed E-state index contributed by atoms with van der Waals surface area (Å²) in [7, 11) is 0. The van der Waals surface area contributed by atoms with Gasteiger partial charge in [-0.25, -0.2) is 0 Å². The average Bonchev–Trinajstić information content (AvgIpc) is 3.36. The van der Waals surface area contributed by atoms with Crippen molar-refractivity contribution in [2.75, 3.05) is 10.5 Å². The van der Waals surface area contributed by atoms with Gasteiger partial charge in [-0.15, -0.1) is 0 Å².